The number of ether oxygens (including phenoxy) is 1. The molecule has 2 aromatic rings. The third kappa shape index (κ3) is 3.34. The highest BCUT2D eigenvalue weighted by atomic mass is 79.9. The van der Waals surface area contributed by atoms with Gasteiger partial charge in [0.2, 0.25) is 0 Å². The summed E-state index contributed by atoms with van der Waals surface area (Å²) in [4.78, 5) is 0. The smallest absolute Gasteiger partial charge is 0.141 e. The highest BCUT2D eigenvalue weighted by Crippen LogP contribution is 2.31. The van der Waals surface area contributed by atoms with Crippen LogP contribution in [0.5, 0.6) is 11.5 Å². The van der Waals surface area contributed by atoms with Crippen LogP contribution in [-0.2, 0) is 6.42 Å². The van der Waals surface area contributed by atoms with Gasteiger partial charge in [0.1, 0.15) is 11.5 Å². The Morgan fingerprint density at radius 3 is 2.33 bits per heavy atom. The molecule has 0 aliphatic carbocycles. The van der Waals surface area contributed by atoms with E-state index >= 15 is 0 Å². The molecule has 2 rings (SSSR count). The summed E-state index contributed by atoms with van der Waals surface area (Å²) >= 11 is 3.48. The fraction of sp³-hybridized carbons (Fsp3) is 0.200. The van der Waals surface area contributed by atoms with E-state index in [0.29, 0.717) is 0 Å². The normalized spacial score (nSPS) is 12.2. The van der Waals surface area contributed by atoms with Gasteiger partial charge in [0.15, 0.2) is 0 Å². The molecule has 0 bridgehead atoms. The Kier molecular flexibility index (Phi) is 4.39. The average molecular weight is 306 g/mol. The third-order valence-electron chi connectivity index (χ3n) is 2.57. The van der Waals surface area contributed by atoms with Crippen LogP contribution in [0.25, 0.3) is 0 Å². The summed E-state index contributed by atoms with van der Waals surface area (Å²) in [6.45, 7) is 2.00. The Hall–Kier alpha value is -1.32. The van der Waals surface area contributed by atoms with E-state index in [0.717, 1.165) is 28.0 Å². The molecule has 0 spiro atoms. The van der Waals surface area contributed by atoms with Crippen LogP contribution >= 0.6 is 15.9 Å². The van der Waals surface area contributed by atoms with E-state index in [9.17, 15) is 0 Å². The second-order valence-electron chi connectivity index (χ2n) is 4.32. The van der Waals surface area contributed by atoms with Crippen LogP contribution in [0, 0.1) is 0 Å². The molecule has 0 radical (unpaired) electrons. The zero-order valence-electron chi connectivity index (χ0n) is 10.3. The predicted octanol–water partition coefficient (Wildman–Crippen LogP) is 4.13. The first-order valence-corrected chi connectivity index (χ1v) is 6.72. The molecule has 0 heterocycles. The van der Waals surface area contributed by atoms with E-state index < -0.39 is 0 Å². The Labute approximate surface area is 116 Å². The van der Waals surface area contributed by atoms with Crippen LogP contribution in [0.3, 0.4) is 0 Å². The average Bonchev–Trinajstić information content (AvgIpc) is 2.34. The lowest BCUT2D eigenvalue weighted by Gasteiger charge is -2.13. The zero-order chi connectivity index (χ0) is 13.0. The van der Waals surface area contributed by atoms with Gasteiger partial charge in [-0.15, -0.1) is 0 Å². The van der Waals surface area contributed by atoms with Gasteiger partial charge in [0.05, 0.1) is 4.47 Å². The molecule has 0 aliphatic rings. The van der Waals surface area contributed by atoms with E-state index in [4.69, 9.17) is 10.5 Å². The minimum absolute atomic E-state index is 0.119. The predicted molar refractivity (Wildman–Crippen MR) is 78.0 cm³/mol. The minimum Gasteiger partial charge on any atom is -0.456 e. The number of halogens is 1. The maximum Gasteiger partial charge on any atom is 0.141 e. The van der Waals surface area contributed by atoms with Crippen molar-refractivity contribution < 1.29 is 4.74 Å². The fourth-order valence-electron chi connectivity index (χ4n) is 1.76. The first-order chi connectivity index (χ1) is 8.66. The van der Waals surface area contributed by atoms with Crippen molar-refractivity contribution in [1.29, 1.82) is 0 Å². The number of nitrogens with two attached hydrogens (primary N) is 1. The number of hydrogen-bond donors (Lipinski definition) is 1. The van der Waals surface area contributed by atoms with Gasteiger partial charge in [0, 0.05) is 6.04 Å². The van der Waals surface area contributed by atoms with Gasteiger partial charge >= 0.3 is 0 Å². The van der Waals surface area contributed by atoms with Crippen molar-refractivity contribution in [2.75, 3.05) is 0 Å². The Bertz CT molecular complexity index is 525. The maximum absolute atomic E-state index is 5.94. The van der Waals surface area contributed by atoms with Crippen molar-refractivity contribution in [1.82, 2.24) is 0 Å². The van der Waals surface area contributed by atoms with Crippen LogP contribution in [0.1, 0.15) is 12.5 Å². The van der Waals surface area contributed by atoms with E-state index in [1.807, 2.05) is 49.4 Å². The van der Waals surface area contributed by atoms with E-state index in [2.05, 4.69) is 22.0 Å². The number of para-hydroxylation sites is 2. The van der Waals surface area contributed by atoms with Gasteiger partial charge in [-0.3, -0.25) is 0 Å². The first-order valence-electron chi connectivity index (χ1n) is 5.92. The molecule has 1 atom stereocenters. The van der Waals surface area contributed by atoms with Crippen molar-refractivity contribution in [3.8, 4) is 11.5 Å². The van der Waals surface area contributed by atoms with Crippen LogP contribution in [0.15, 0.2) is 53.0 Å². The molecule has 94 valence electrons. The Morgan fingerprint density at radius 2 is 1.67 bits per heavy atom. The molecule has 0 amide bonds. The van der Waals surface area contributed by atoms with Crippen molar-refractivity contribution >= 4 is 15.9 Å². The van der Waals surface area contributed by atoms with Crippen molar-refractivity contribution in [2.24, 2.45) is 5.73 Å². The fourth-order valence-corrected chi connectivity index (χ4v) is 2.13. The SMILES string of the molecule is CC(N)Cc1ccccc1Oc1ccccc1Br. The second-order valence-corrected chi connectivity index (χ2v) is 5.18. The molecule has 0 fully saturated rings. The van der Waals surface area contributed by atoms with Gasteiger partial charge in [-0.2, -0.15) is 0 Å². The lowest BCUT2D eigenvalue weighted by Crippen LogP contribution is -2.18. The zero-order valence-corrected chi connectivity index (χ0v) is 11.9. The summed E-state index contributed by atoms with van der Waals surface area (Å²) in [5, 5.41) is 0. The molecule has 0 saturated heterocycles. The highest BCUT2D eigenvalue weighted by Gasteiger charge is 2.08. The van der Waals surface area contributed by atoms with Crippen LogP contribution in [0.2, 0.25) is 0 Å². The van der Waals surface area contributed by atoms with Crippen molar-refractivity contribution in [3.63, 3.8) is 0 Å². The van der Waals surface area contributed by atoms with Gasteiger partial charge in [-0.25, -0.2) is 0 Å². The molecule has 2 N–H and O–H groups in total. The van der Waals surface area contributed by atoms with Crippen molar-refractivity contribution in [2.45, 2.75) is 19.4 Å². The minimum atomic E-state index is 0.119. The summed E-state index contributed by atoms with van der Waals surface area (Å²) in [6.07, 6.45) is 0.806. The summed E-state index contributed by atoms with van der Waals surface area (Å²) < 4.78 is 6.88. The molecular formula is C15H16BrNO. The monoisotopic (exact) mass is 305 g/mol. The maximum atomic E-state index is 5.94. The molecule has 3 heteroatoms. The molecular weight excluding hydrogens is 290 g/mol. The molecule has 0 aromatic heterocycles. The topological polar surface area (TPSA) is 35.2 Å². The van der Waals surface area contributed by atoms with Gasteiger partial charge < -0.3 is 10.5 Å². The molecule has 2 aromatic carbocycles. The lowest BCUT2D eigenvalue weighted by atomic mass is 10.1. The third-order valence-corrected chi connectivity index (χ3v) is 3.23. The summed E-state index contributed by atoms with van der Waals surface area (Å²) in [5.74, 6) is 1.68. The highest BCUT2D eigenvalue weighted by molar-refractivity contribution is 9.10. The number of benzene rings is 2. The quantitative estimate of drug-likeness (QED) is 0.921. The van der Waals surface area contributed by atoms with Gasteiger partial charge in [-0.05, 0) is 53.0 Å². The Morgan fingerprint density at radius 1 is 1.06 bits per heavy atom. The second kappa shape index (κ2) is 6.03. The molecule has 0 saturated carbocycles. The molecule has 1 unspecified atom stereocenters. The summed E-state index contributed by atoms with van der Waals surface area (Å²) in [6, 6.07) is 15.9. The van der Waals surface area contributed by atoms with E-state index in [1.165, 1.54) is 0 Å². The van der Waals surface area contributed by atoms with Crippen LogP contribution in [0.4, 0.5) is 0 Å². The van der Waals surface area contributed by atoms with Crippen LogP contribution in [-0.4, -0.2) is 6.04 Å². The largest absolute Gasteiger partial charge is 0.456 e. The summed E-state index contributed by atoms with van der Waals surface area (Å²) in [7, 11) is 0. The Balaban J connectivity index is 2.26. The van der Waals surface area contributed by atoms with Crippen LogP contribution < -0.4 is 10.5 Å². The van der Waals surface area contributed by atoms with Crippen molar-refractivity contribution in [3.05, 3.63) is 58.6 Å². The van der Waals surface area contributed by atoms with Gasteiger partial charge in [0.25, 0.3) is 0 Å². The number of rotatable bonds is 4. The molecule has 18 heavy (non-hydrogen) atoms. The molecule has 2 nitrogen and oxygen atoms in total. The van der Waals surface area contributed by atoms with E-state index in [-0.39, 0.29) is 6.04 Å². The van der Waals surface area contributed by atoms with E-state index in [1.54, 1.807) is 0 Å². The lowest BCUT2D eigenvalue weighted by molar-refractivity contribution is 0.471. The molecule has 0 aliphatic heterocycles. The first kappa shape index (κ1) is 13.1. The number of hydrogen-bond acceptors (Lipinski definition) is 2. The van der Waals surface area contributed by atoms with Gasteiger partial charge in [-0.1, -0.05) is 30.3 Å². The summed E-state index contributed by atoms with van der Waals surface area (Å²) in [5.41, 5.74) is 6.98. The standard InChI is InChI=1S/C15H16BrNO/c1-11(17)10-12-6-2-4-8-14(12)18-15-9-5-3-7-13(15)16/h2-9,11H,10,17H2,1H3.